The number of ketones is 1. The van der Waals surface area contributed by atoms with Gasteiger partial charge in [0, 0.05) is 12.5 Å². The van der Waals surface area contributed by atoms with Gasteiger partial charge >= 0.3 is 0 Å². The van der Waals surface area contributed by atoms with E-state index in [0.29, 0.717) is 24.3 Å². The third-order valence-electron chi connectivity index (χ3n) is 4.42. The van der Waals surface area contributed by atoms with Crippen molar-refractivity contribution >= 4 is 23.3 Å². The van der Waals surface area contributed by atoms with Crippen LogP contribution in [0, 0.1) is 0 Å². The van der Waals surface area contributed by atoms with Gasteiger partial charge in [-0.15, -0.1) is 0 Å². The van der Waals surface area contributed by atoms with Crippen molar-refractivity contribution in [1.29, 1.82) is 0 Å². The largest absolute Gasteiger partial charge is 0.332 e. The van der Waals surface area contributed by atoms with E-state index >= 15 is 0 Å². The molecular weight excluding hydrogens is 294 g/mol. The second-order valence-electron chi connectivity index (χ2n) is 5.98. The van der Waals surface area contributed by atoms with Crippen LogP contribution in [0.1, 0.15) is 31.1 Å². The van der Waals surface area contributed by atoms with Crippen LogP contribution in [-0.4, -0.2) is 54.7 Å². The lowest BCUT2D eigenvalue weighted by Gasteiger charge is -2.34. The number of carbonyl (C=O) groups excluding carboxylic acids is 3. The molecule has 1 aliphatic heterocycles. The quantitative estimate of drug-likeness (QED) is 0.766. The molecule has 0 bridgehead atoms. The molecule has 0 saturated carbocycles. The summed E-state index contributed by atoms with van der Waals surface area (Å²) in [5.41, 5.74) is 1.07. The van der Waals surface area contributed by atoms with Crippen molar-refractivity contribution in [3.8, 4) is 0 Å². The van der Waals surface area contributed by atoms with E-state index in [-0.39, 0.29) is 23.6 Å². The van der Waals surface area contributed by atoms with Crippen molar-refractivity contribution in [2.24, 2.45) is 0 Å². The number of nitrogens with zero attached hydrogens (tertiary/aromatic N) is 1. The molecule has 2 rings (SSSR count). The Hall–Kier alpha value is -2.21. The van der Waals surface area contributed by atoms with Gasteiger partial charge in [0.25, 0.3) is 5.91 Å². The van der Waals surface area contributed by atoms with E-state index in [1.54, 1.807) is 36.1 Å². The standard InChI is InChI=1S/C17H23N3O3/c1-12(19-8-10-20(11-9-19)14(3)22)17(23)18-16-7-5-4-6-15(16)13(2)21/h4-7,12H,8-11H2,1-3H3,(H,18,23)/p+1/t12-/m1/s1. The molecule has 1 aromatic carbocycles. The number of hydrogen-bond acceptors (Lipinski definition) is 3. The van der Waals surface area contributed by atoms with E-state index in [1.807, 2.05) is 6.92 Å². The zero-order valence-electron chi connectivity index (χ0n) is 13.9. The van der Waals surface area contributed by atoms with Crippen LogP contribution in [0.15, 0.2) is 24.3 Å². The zero-order valence-corrected chi connectivity index (χ0v) is 13.9. The van der Waals surface area contributed by atoms with Gasteiger partial charge in [0.1, 0.15) is 0 Å². The van der Waals surface area contributed by atoms with E-state index in [9.17, 15) is 14.4 Å². The number of benzene rings is 1. The molecule has 0 aromatic heterocycles. The van der Waals surface area contributed by atoms with Crippen molar-refractivity contribution in [3.05, 3.63) is 29.8 Å². The molecule has 0 unspecified atom stereocenters. The maximum atomic E-state index is 12.5. The number of rotatable bonds is 4. The molecule has 6 heteroatoms. The highest BCUT2D eigenvalue weighted by atomic mass is 16.2. The minimum absolute atomic E-state index is 0.0732. The number of amides is 2. The lowest BCUT2D eigenvalue weighted by atomic mass is 10.1. The van der Waals surface area contributed by atoms with Crippen LogP contribution in [0.2, 0.25) is 0 Å². The summed E-state index contributed by atoms with van der Waals surface area (Å²) in [5.74, 6) is -0.0995. The van der Waals surface area contributed by atoms with Gasteiger partial charge in [-0.2, -0.15) is 0 Å². The maximum absolute atomic E-state index is 12.5. The summed E-state index contributed by atoms with van der Waals surface area (Å²) in [5, 5.41) is 2.86. The molecule has 6 nitrogen and oxygen atoms in total. The first kappa shape index (κ1) is 17.1. The molecule has 23 heavy (non-hydrogen) atoms. The molecular formula is C17H24N3O3+. The Kier molecular flexibility index (Phi) is 5.50. The van der Waals surface area contributed by atoms with E-state index in [4.69, 9.17) is 0 Å². The summed E-state index contributed by atoms with van der Waals surface area (Å²) in [4.78, 5) is 38.4. The first-order valence-corrected chi connectivity index (χ1v) is 7.91. The van der Waals surface area contributed by atoms with E-state index in [1.165, 1.54) is 6.92 Å². The van der Waals surface area contributed by atoms with Crippen LogP contribution >= 0.6 is 0 Å². The lowest BCUT2D eigenvalue weighted by molar-refractivity contribution is -0.917. The molecule has 1 saturated heterocycles. The monoisotopic (exact) mass is 318 g/mol. The number of nitrogens with one attached hydrogen (secondary N) is 2. The van der Waals surface area contributed by atoms with Gasteiger partial charge in [0.2, 0.25) is 5.91 Å². The van der Waals surface area contributed by atoms with Crippen LogP contribution in [0.25, 0.3) is 0 Å². The van der Waals surface area contributed by atoms with Crippen LogP contribution in [0.3, 0.4) is 0 Å². The minimum atomic E-state index is -0.232. The predicted octanol–water partition coefficient (Wildman–Crippen LogP) is -0.0368. The highest BCUT2D eigenvalue weighted by Crippen LogP contribution is 2.15. The molecule has 0 spiro atoms. The fourth-order valence-electron chi connectivity index (χ4n) is 2.87. The Morgan fingerprint density at radius 1 is 1.13 bits per heavy atom. The summed E-state index contributed by atoms with van der Waals surface area (Å²) in [7, 11) is 0. The van der Waals surface area contributed by atoms with Crippen LogP contribution in [0.5, 0.6) is 0 Å². The normalized spacial score (nSPS) is 16.7. The van der Waals surface area contributed by atoms with Gasteiger partial charge in [-0.1, -0.05) is 12.1 Å². The predicted molar refractivity (Wildman–Crippen MR) is 87.5 cm³/mol. The smallest absolute Gasteiger partial charge is 0.282 e. The first-order valence-electron chi connectivity index (χ1n) is 7.91. The average Bonchev–Trinajstić information content (AvgIpc) is 2.54. The Morgan fingerprint density at radius 3 is 2.30 bits per heavy atom. The zero-order chi connectivity index (χ0) is 17.0. The third-order valence-corrected chi connectivity index (χ3v) is 4.42. The van der Waals surface area contributed by atoms with Crippen LogP contribution < -0.4 is 10.2 Å². The summed E-state index contributed by atoms with van der Waals surface area (Å²) >= 11 is 0. The van der Waals surface area contributed by atoms with Crippen molar-refractivity contribution in [1.82, 2.24) is 4.90 Å². The molecule has 1 fully saturated rings. The van der Waals surface area contributed by atoms with Gasteiger partial charge in [0.15, 0.2) is 11.8 Å². The molecule has 1 heterocycles. The molecule has 0 aliphatic carbocycles. The summed E-state index contributed by atoms with van der Waals surface area (Å²) in [6.45, 7) is 7.79. The second-order valence-corrected chi connectivity index (χ2v) is 5.98. The number of anilines is 1. The van der Waals surface area contributed by atoms with Crippen molar-refractivity contribution in [3.63, 3.8) is 0 Å². The highest BCUT2D eigenvalue weighted by Gasteiger charge is 2.30. The SMILES string of the molecule is CC(=O)c1ccccc1NC(=O)[C@@H](C)[NH+]1CCN(C(C)=O)CC1. The van der Waals surface area contributed by atoms with Crippen LogP contribution in [0.4, 0.5) is 5.69 Å². The number of Topliss-reactive ketones (excluding diaryl/α,β-unsaturated/α-hetero) is 1. The lowest BCUT2D eigenvalue weighted by Crippen LogP contribution is -3.19. The molecule has 2 amide bonds. The first-order chi connectivity index (χ1) is 10.9. The van der Waals surface area contributed by atoms with Crippen molar-refractivity contribution in [2.45, 2.75) is 26.8 Å². The van der Waals surface area contributed by atoms with E-state index < -0.39 is 0 Å². The molecule has 124 valence electrons. The summed E-state index contributed by atoms with van der Waals surface area (Å²) in [6.07, 6.45) is 0. The van der Waals surface area contributed by atoms with Gasteiger partial charge in [0.05, 0.1) is 31.9 Å². The Bertz CT molecular complexity index is 607. The topological polar surface area (TPSA) is 70.9 Å². The molecule has 1 atom stereocenters. The van der Waals surface area contributed by atoms with Gasteiger partial charge in [-0.3, -0.25) is 14.4 Å². The minimum Gasteiger partial charge on any atom is -0.332 e. The number of hydrogen-bond donors (Lipinski definition) is 2. The number of quaternary nitrogens is 1. The summed E-state index contributed by atoms with van der Waals surface area (Å²) in [6, 6.07) is 6.79. The Morgan fingerprint density at radius 2 is 1.74 bits per heavy atom. The maximum Gasteiger partial charge on any atom is 0.282 e. The van der Waals surface area contributed by atoms with Crippen LogP contribution in [-0.2, 0) is 9.59 Å². The van der Waals surface area contributed by atoms with Gasteiger partial charge < -0.3 is 15.1 Å². The van der Waals surface area contributed by atoms with Crippen molar-refractivity contribution in [2.75, 3.05) is 31.5 Å². The van der Waals surface area contributed by atoms with E-state index in [0.717, 1.165) is 18.0 Å². The number of carbonyl (C=O) groups is 3. The molecule has 1 aromatic rings. The Balaban J connectivity index is 1.99. The molecule has 1 aliphatic rings. The Labute approximate surface area is 136 Å². The average molecular weight is 318 g/mol. The number of piperazine rings is 1. The molecule has 0 radical (unpaired) electrons. The second kappa shape index (κ2) is 7.37. The highest BCUT2D eigenvalue weighted by molar-refractivity contribution is 6.04. The summed E-state index contributed by atoms with van der Waals surface area (Å²) < 4.78 is 0. The van der Waals surface area contributed by atoms with Gasteiger partial charge in [-0.05, 0) is 26.0 Å². The van der Waals surface area contributed by atoms with E-state index in [2.05, 4.69) is 5.32 Å². The van der Waals surface area contributed by atoms with Gasteiger partial charge in [-0.25, -0.2) is 0 Å². The third kappa shape index (κ3) is 4.16. The fourth-order valence-corrected chi connectivity index (χ4v) is 2.87. The molecule has 2 N–H and O–H groups in total. The number of para-hydroxylation sites is 1. The fraction of sp³-hybridized carbons (Fsp3) is 0.471. The van der Waals surface area contributed by atoms with Crippen molar-refractivity contribution < 1.29 is 19.3 Å².